The molecule has 0 aliphatic heterocycles. The minimum Gasteiger partial charge on any atom is -0.507 e. The molecule has 6 nitrogen and oxygen atoms in total. The highest BCUT2D eigenvalue weighted by Gasteiger charge is 2.15. The number of hydrogen-bond acceptors (Lipinski definition) is 6. The maximum Gasteiger partial charge on any atom is 0.343 e. The predicted octanol–water partition coefficient (Wildman–Crippen LogP) is 9.46. The number of benzene rings is 2. The van der Waals surface area contributed by atoms with Gasteiger partial charge in [-0.05, 0) is 43.2 Å². The minimum absolute atomic E-state index is 0.134. The number of phenolic OH excluding ortho intramolecular Hbond substituents is 1. The first-order valence-corrected chi connectivity index (χ1v) is 15.5. The van der Waals surface area contributed by atoms with Gasteiger partial charge in [-0.2, -0.15) is 0 Å². The average Bonchev–Trinajstić information content (AvgIpc) is 2.96. The normalized spacial score (nSPS) is 10.8. The van der Waals surface area contributed by atoms with Gasteiger partial charge in [-0.25, -0.2) is 4.79 Å². The van der Waals surface area contributed by atoms with Gasteiger partial charge in [0.25, 0.3) is 0 Å². The van der Waals surface area contributed by atoms with Gasteiger partial charge in [0.05, 0.1) is 24.3 Å². The molecule has 0 fully saturated rings. The SMILES string of the molecule is CCCCCCCCCCOc1ccc(C(=O)Oc2ccc(C=O)c(O)c2)cc1OCCCCCCCCCC. The van der Waals surface area contributed by atoms with Crippen LogP contribution in [0.5, 0.6) is 23.0 Å². The Hall–Kier alpha value is -3.02. The van der Waals surface area contributed by atoms with Gasteiger partial charge < -0.3 is 19.3 Å². The first-order chi connectivity index (χ1) is 19.6. The zero-order valence-electron chi connectivity index (χ0n) is 24.8. The molecule has 0 radical (unpaired) electrons. The number of ether oxygens (including phenoxy) is 3. The third-order valence-corrected chi connectivity index (χ3v) is 7.03. The molecule has 0 aromatic heterocycles. The van der Waals surface area contributed by atoms with Crippen LogP contribution in [0.15, 0.2) is 36.4 Å². The molecule has 2 rings (SSSR count). The van der Waals surface area contributed by atoms with Crippen LogP contribution in [-0.4, -0.2) is 30.6 Å². The highest BCUT2D eigenvalue weighted by Crippen LogP contribution is 2.30. The van der Waals surface area contributed by atoms with Crippen LogP contribution >= 0.6 is 0 Å². The summed E-state index contributed by atoms with van der Waals surface area (Å²) in [4.78, 5) is 23.8. The Morgan fingerprint density at radius 3 is 1.73 bits per heavy atom. The highest BCUT2D eigenvalue weighted by atomic mass is 16.5. The molecule has 0 aliphatic carbocycles. The van der Waals surface area contributed by atoms with E-state index < -0.39 is 5.97 Å². The summed E-state index contributed by atoms with van der Waals surface area (Å²) in [6, 6.07) is 9.22. The molecule has 0 amide bonds. The van der Waals surface area contributed by atoms with Crippen LogP contribution in [0.1, 0.15) is 137 Å². The van der Waals surface area contributed by atoms with E-state index in [4.69, 9.17) is 14.2 Å². The molecule has 2 aromatic carbocycles. The summed E-state index contributed by atoms with van der Waals surface area (Å²) in [7, 11) is 0. The molecule has 0 atom stereocenters. The van der Waals surface area contributed by atoms with E-state index in [1.54, 1.807) is 18.2 Å². The van der Waals surface area contributed by atoms with Gasteiger partial charge in [0.2, 0.25) is 0 Å². The van der Waals surface area contributed by atoms with Crippen molar-refractivity contribution in [1.82, 2.24) is 0 Å². The first-order valence-electron chi connectivity index (χ1n) is 15.5. The third kappa shape index (κ3) is 13.4. The van der Waals surface area contributed by atoms with E-state index in [-0.39, 0.29) is 17.1 Å². The lowest BCUT2D eigenvalue weighted by Crippen LogP contribution is -2.10. The lowest BCUT2D eigenvalue weighted by Gasteiger charge is -2.14. The summed E-state index contributed by atoms with van der Waals surface area (Å²) < 4.78 is 17.6. The first kappa shape index (κ1) is 33.2. The maximum absolute atomic E-state index is 12.8. The summed E-state index contributed by atoms with van der Waals surface area (Å²) in [5, 5.41) is 9.89. The van der Waals surface area contributed by atoms with Crippen molar-refractivity contribution in [3.05, 3.63) is 47.5 Å². The Bertz CT molecular complexity index is 986. The van der Waals surface area contributed by atoms with Crippen LogP contribution < -0.4 is 14.2 Å². The van der Waals surface area contributed by atoms with Gasteiger partial charge in [-0.1, -0.05) is 104 Å². The van der Waals surface area contributed by atoms with Crippen LogP contribution in [0.25, 0.3) is 0 Å². The van der Waals surface area contributed by atoms with E-state index in [1.165, 1.54) is 95.2 Å². The zero-order chi connectivity index (χ0) is 28.8. The number of carbonyl (C=O) groups is 2. The average molecular weight is 555 g/mol. The molecule has 0 aliphatic rings. The fraction of sp³-hybridized carbons (Fsp3) is 0.588. The summed E-state index contributed by atoms with van der Waals surface area (Å²) in [6.07, 6.45) is 20.1. The zero-order valence-corrected chi connectivity index (χ0v) is 24.8. The Labute approximate surface area is 241 Å². The quantitative estimate of drug-likeness (QED) is 0.0637. The van der Waals surface area contributed by atoms with Gasteiger partial charge >= 0.3 is 5.97 Å². The van der Waals surface area contributed by atoms with Gasteiger partial charge in [-0.3, -0.25) is 4.79 Å². The number of esters is 1. The van der Waals surface area contributed by atoms with Gasteiger partial charge in [-0.15, -0.1) is 0 Å². The molecule has 0 bridgehead atoms. The fourth-order valence-electron chi connectivity index (χ4n) is 4.56. The Morgan fingerprint density at radius 1 is 0.675 bits per heavy atom. The lowest BCUT2D eigenvalue weighted by atomic mass is 10.1. The Morgan fingerprint density at radius 2 is 1.20 bits per heavy atom. The molecule has 222 valence electrons. The molecule has 0 saturated heterocycles. The molecule has 1 N–H and O–H groups in total. The van der Waals surface area contributed by atoms with E-state index in [2.05, 4.69) is 13.8 Å². The molecular weight excluding hydrogens is 504 g/mol. The van der Waals surface area contributed by atoms with E-state index >= 15 is 0 Å². The Balaban J connectivity index is 1.91. The van der Waals surface area contributed by atoms with Crippen LogP contribution in [0, 0.1) is 0 Å². The Kier molecular flexibility index (Phi) is 17.3. The molecule has 0 heterocycles. The molecular formula is C34H50O6. The topological polar surface area (TPSA) is 82.1 Å². The number of rotatable bonds is 23. The van der Waals surface area contributed by atoms with Crippen LogP contribution in [-0.2, 0) is 0 Å². The number of aldehydes is 1. The smallest absolute Gasteiger partial charge is 0.343 e. The molecule has 6 heteroatoms. The second-order valence-corrected chi connectivity index (χ2v) is 10.5. The monoisotopic (exact) mass is 554 g/mol. The van der Waals surface area contributed by atoms with Crippen molar-refractivity contribution in [3.63, 3.8) is 0 Å². The summed E-state index contributed by atoms with van der Waals surface area (Å²) >= 11 is 0. The second-order valence-electron chi connectivity index (χ2n) is 10.5. The summed E-state index contributed by atoms with van der Waals surface area (Å²) in [6.45, 7) is 5.63. The largest absolute Gasteiger partial charge is 0.507 e. The number of carbonyl (C=O) groups excluding carboxylic acids is 2. The minimum atomic E-state index is -0.579. The van der Waals surface area contributed by atoms with Crippen molar-refractivity contribution in [2.75, 3.05) is 13.2 Å². The second kappa shape index (κ2) is 20.8. The van der Waals surface area contributed by atoms with Gasteiger partial charge in [0, 0.05) is 6.07 Å². The molecule has 0 saturated carbocycles. The summed E-state index contributed by atoms with van der Waals surface area (Å²) in [5.41, 5.74) is 0.457. The number of phenols is 1. The molecule has 0 unspecified atom stereocenters. The molecule has 2 aromatic rings. The van der Waals surface area contributed by atoms with E-state index in [0.717, 1.165) is 25.7 Å². The third-order valence-electron chi connectivity index (χ3n) is 7.03. The lowest BCUT2D eigenvalue weighted by molar-refractivity contribution is 0.0734. The maximum atomic E-state index is 12.8. The highest BCUT2D eigenvalue weighted by molar-refractivity contribution is 5.92. The van der Waals surface area contributed by atoms with E-state index in [0.29, 0.717) is 36.6 Å². The van der Waals surface area contributed by atoms with Crippen molar-refractivity contribution >= 4 is 12.3 Å². The fourth-order valence-corrected chi connectivity index (χ4v) is 4.56. The van der Waals surface area contributed by atoms with Crippen LogP contribution in [0.2, 0.25) is 0 Å². The van der Waals surface area contributed by atoms with Crippen molar-refractivity contribution < 1.29 is 28.9 Å². The van der Waals surface area contributed by atoms with Gasteiger partial charge in [0.1, 0.15) is 11.5 Å². The van der Waals surface area contributed by atoms with Crippen molar-refractivity contribution in [3.8, 4) is 23.0 Å². The number of aromatic hydroxyl groups is 1. The van der Waals surface area contributed by atoms with E-state index in [1.807, 2.05) is 0 Å². The van der Waals surface area contributed by atoms with E-state index in [9.17, 15) is 14.7 Å². The van der Waals surface area contributed by atoms with Crippen LogP contribution in [0.4, 0.5) is 0 Å². The van der Waals surface area contributed by atoms with Crippen molar-refractivity contribution in [2.24, 2.45) is 0 Å². The number of hydrogen-bond donors (Lipinski definition) is 1. The molecule has 40 heavy (non-hydrogen) atoms. The van der Waals surface area contributed by atoms with Gasteiger partial charge in [0.15, 0.2) is 17.8 Å². The molecule has 0 spiro atoms. The number of unbranched alkanes of at least 4 members (excludes halogenated alkanes) is 14. The van der Waals surface area contributed by atoms with Crippen molar-refractivity contribution in [1.29, 1.82) is 0 Å². The predicted molar refractivity (Wildman–Crippen MR) is 161 cm³/mol. The summed E-state index contributed by atoms with van der Waals surface area (Å²) in [5.74, 6) is 0.511. The van der Waals surface area contributed by atoms with Crippen LogP contribution in [0.3, 0.4) is 0 Å². The van der Waals surface area contributed by atoms with Crippen molar-refractivity contribution in [2.45, 2.75) is 117 Å². The standard InChI is InChI=1S/C34H50O6/c1-3-5-7-9-11-13-15-17-23-38-32-22-20-28(34(37)40-30-21-19-29(27-35)31(36)26-30)25-33(32)39-24-18-16-14-12-10-8-6-4-2/h19-22,25-27,36H,3-18,23-24H2,1-2H3.